The molecule has 0 aliphatic heterocycles. The zero-order valence-electron chi connectivity index (χ0n) is 12.4. The third-order valence-corrected chi connectivity index (χ3v) is 4.23. The van der Waals surface area contributed by atoms with E-state index in [9.17, 15) is 31.1 Å². The lowest BCUT2D eigenvalue weighted by Gasteiger charge is -2.15. The van der Waals surface area contributed by atoms with Gasteiger partial charge in [0.2, 0.25) is 0 Å². The summed E-state index contributed by atoms with van der Waals surface area (Å²) in [6.07, 6.45) is -9.88. The molecule has 0 spiro atoms. The van der Waals surface area contributed by atoms with Gasteiger partial charge < -0.3 is 4.74 Å². The molecule has 0 radical (unpaired) electrons. The number of benzene rings is 2. The van der Waals surface area contributed by atoms with Crippen LogP contribution in [0.5, 0.6) is 0 Å². The average Bonchev–Trinajstić information content (AvgIpc) is 2.52. The molecule has 0 aliphatic carbocycles. The second kappa shape index (κ2) is 6.85. The van der Waals surface area contributed by atoms with Gasteiger partial charge >= 0.3 is 18.3 Å². The zero-order chi connectivity index (χ0) is 19.0. The third kappa shape index (κ3) is 4.44. The molecule has 0 aromatic heterocycles. The van der Waals surface area contributed by atoms with E-state index >= 15 is 0 Å². The molecule has 2 rings (SSSR count). The molecular formula is C16H9F6IO2. The van der Waals surface area contributed by atoms with Crippen LogP contribution in [-0.2, 0) is 17.1 Å². The average molecular weight is 474 g/mol. The van der Waals surface area contributed by atoms with Crippen LogP contribution in [0.25, 0.3) is 11.1 Å². The SMILES string of the molecule is COC(=O)c1cc(-c2cc(C(F)(F)F)cc(C(F)(F)F)c2)ccc1I. The fraction of sp³-hybridized carbons (Fsp3) is 0.188. The predicted molar refractivity (Wildman–Crippen MR) is 85.9 cm³/mol. The molecule has 0 fully saturated rings. The largest absolute Gasteiger partial charge is 0.465 e. The van der Waals surface area contributed by atoms with Gasteiger partial charge in [0.1, 0.15) is 0 Å². The van der Waals surface area contributed by atoms with Crippen LogP contribution in [-0.4, -0.2) is 13.1 Å². The number of rotatable bonds is 2. The van der Waals surface area contributed by atoms with E-state index in [1.54, 1.807) is 0 Å². The minimum atomic E-state index is -4.94. The van der Waals surface area contributed by atoms with Crippen LogP contribution in [0.1, 0.15) is 21.5 Å². The fourth-order valence-electron chi connectivity index (χ4n) is 2.09. The highest BCUT2D eigenvalue weighted by atomic mass is 127. The van der Waals surface area contributed by atoms with Crippen LogP contribution in [0.4, 0.5) is 26.3 Å². The maximum Gasteiger partial charge on any atom is 0.416 e. The summed E-state index contributed by atoms with van der Waals surface area (Å²) >= 11 is 1.81. The van der Waals surface area contributed by atoms with Crippen molar-refractivity contribution in [3.8, 4) is 11.1 Å². The molecule has 0 aliphatic rings. The topological polar surface area (TPSA) is 26.3 Å². The Kier molecular flexibility index (Phi) is 5.35. The summed E-state index contributed by atoms with van der Waals surface area (Å²) in [6.45, 7) is 0. The number of esters is 1. The number of hydrogen-bond acceptors (Lipinski definition) is 2. The summed E-state index contributed by atoms with van der Waals surface area (Å²) in [7, 11) is 1.12. The van der Waals surface area contributed by atoms with Gasteiger partial charge in [0.25, 0.3) is 0 Å². The number of ether oxygens (including phenoxy) is 1. The first-order chi connectivity index (χ1) is 11.4. The quantitative estimate of drug-likeness (QED) is 0.314. The van der Waals surface area contributed by atoms with Gasteiger partial charge in [0, 0.05) is 3.57 Å². The van der Waals surface area contributed by atoms with E-state index < -0.39 is 29.4 Å². The summed E-state index contributed by atoms with van der Waals surface area (Å²) in [6, 6.07) is 5.22. The highest BCUT2D eigenvalue weighted by Gasteiger charge is 2.37. The van der Waals surface area contributed by atoms with Gasteiger partial charge in [-0.25, -0.2) is 4.79 Å². The molecule has 134 valence electrons. The Morgan fingerprint density at radius 2 is 1.40 bits per heavy atom. The van der Waals surface area contributed by atoms with Crippen molar-refractivity contribution >= 4 is 28.6 Å². The first kappa shape index (κ1) is 19.5. The smallest absolute Gasteiger partial charge is 0.416 e. The Bertz CT molecular complexity index is 779. The molecule has 0 saturated carbocycles. The summed E-state index contributed by atoms with van der Waals surface area (Å²) in [5.74, 6) is -0.741. The van der Waals surface area contributed by atoms with Crippen molar-refractivity contribution < 1.29 is 35.9 Å². The van der Waals surface area contributed by atoms with Gasteiger partial charge in [-0.1, -0.05) is 6.07 Å². The molecule has 0 heterocycles. The Morgan fingerprint density at radius 3 is 1.84 bits per heavy atom. The normalized spacial score (nSPS) is 12.2. The van der Waals surface area contributed by atoms with Crippen LogP contribution < -0.4 is 0 Å². The Labute approximate surface area is 151 Å². The minimum Gasteiger partial charge on any atom is -0.465 e. The maximum atomic E-state index is 12.9. The zero-order valence-corrected chi connectivity index (χ0v) is 14.6. The van der Waals surface area contributed by atoms with Gasteiger partial charge in [-0.05, 0) is 64.0 Å². The van der Waals surface area contributed by atoms with Crippen molar-refractivity contribution in [2.45, 2.75) is 12.4 Å². The maximum absolute atomic E-state index is 12.9. The summed E-state index contributed by atoms with van der Waals surface area (Å²) in [5, 5.41) is 0. The van der Waals surface area contributed by atoms with Gasteiger partial charge in [-0.15, -0.1) is 0 Å². The summed E-state index contributed by atoms with van der Waals surface area (Å²) < 4.78 is 82.6. The van der Waals surface area contributed by atoms with E-state index in [0.717, 1.165) is 7.11 Å². The lowest BCUT2D eigenvalue weighted by atomic mass is 9.98. The van der Waals surface area contributed by atoms with Crippen LogP contribution in [0, 0.1) is 3.57 Å². The van der Waals surface area contributed by atoms with Gasteiger partial charge in [0.15, 0.2) is 0 Å². The van der Waals surface area contributed by atoms with Crippen LogP contribution in [0.3, 0.4) is 0 Å². The van der Waals surface area contributed by atoms with Gasteiger partial charge in [-0.2, -0.15) is 26.3 Å². The number of alkyl halides is 6. The summed E-state index contributed by atoms with van der Waals surface area (Å²) in [5.41, 5.74) is -3.06. The van der Waals surface area contributed by atoms with Crippen LogP contribution >= 0.6 is 22.6 Å². The van der Waals surface area contributed by atoms with E-state index in [2.05, 4.69) is 4.74 Å². The number of methoxy groups -OCH3 is 1. The molecule has 25 heavy (non-hydrogen) atoms. The minimum absolute atomic E-state index is 0.0393. The van der Waals surface area contributed by atoms with E-state index in [4.69, 9.17) is 0 Å². The number of halogens is 7. The predicted octanol–water partition coefficient (Wildman–Crippen LogP) is 5.78. The monoisotopic (exact) mass is 474 g/mol. The van der Waals surface area contributed by atoms with Crippen LogP contribution in [0.15, 0.2) is 36.4 Å². The third-order valence-electron chi connectivity index (χ3n) is 3.29. The van der Waals surface area contributed by atoms with Crippen molar-refractivity contribution in [2.24, 2.45) is 0 Å². The molecular weight excluding hydrogens is 465 g/mol. The molecule has 0 N–H and O–H groups in total. The highest BCUT2D eigenvalue weighted by Crippen LogP contribution is 2.39. The first-order valence-electron chi connectivity index (χ1n) is 6.61. The molecule has 0 bridgehead atoms. The molecule has 2 nitrogen and oxygen atoms in total. The lowest BCUT2D eigenvalue weighted by molar-refractivity contribution is -0.143. The lowest BCUT2D eigenvalue weighted by Crippen LogP contribution is -2.11. The second-order valence-electron chi connectivity index (χ2n) is 4.98. The van der Waals surface area contributed by atoms with E-state index in [0.29, 0.717) is 15.7 Å². The first-order valence-corrected chi connectivity index (χ1v) is 7.69. The molecule has 0 atom stereocenters. The van der Waals surface area contributed by atoms with E-state index in [-0.39, 0.29) is 22.8 Å². The Balaban J connectivity index is 2.68. The number of hydrogen-bond donors (Lipinski definition) is 0. The molecule has 0 unspecified atom stereocenters. The molecule has 2 aromatic carbocycles. The summed E-state index contributed by atoms with van der Waals surface area (Å²) in [4.78, 5) is 11.7. The standard InChI is InChI=1S/C16H9F6IO2/c1-25-14(24)12-6-8(2-3-13(12)23)9-4-10(15(17,18)19)7-11(5-9)16(20,21)22/h2-7H,1H3. The molecule has 0 amide bonds. The molecule has 2 aromatic rings. The van der Waals surface area contributed by atoms with E-state index in [1.165, 1.54) is 18.2 Å². The number of carbonyl (C=O) groups is 1. The Morgan fingerprint density at radius 1 is 0.880 bits per heavy atom. The molecule has 0 saturated heterocycles. The highest BCUT2D eigenvalue weighted by molar-refractivity contribution is 14.1. The second-order valence-corrected chi connectivity index (χ2v) is 6.14. The number of carbonyl (C=O) groups excluding carboxylic acids is 1. The fourth-order valence-corrected chi connectivity index (χ4v) is 2.65. The molecule has 9 heteroatoms. The van der Waals surface area contributed by atoms with E-state index in [1.807, 2.05) is 22.6 Å². The van der Waals surface area contributed by atoms with Crippen LogP contribution in [0.2, 0.25) is 0 Å². The Hall–Kier alpha value is -1.78. The van der Waals surface area contributed by atoms with Gasteiger partial charge in [-0.3, -0.25) is 0 Å². The van der Waals surface area contributed by atoms with Crippen molar-refractivity contribution in [1.29, 1.82) is 0 Å². The van der Waals surface area contributed by atoms with Crippen molar-refractivity contribution in [1.82, 2.24) is 0 Å². The van der Waals surface area contributed by atoms with Crippen molar-refractivity contribution in [3.05, 3.63) is 56.7 Å². The van der Waals surface area contributed by atoms with Crippen molar-refractivity contribution in [3.63, 3.8) is 0 Å². The van der Waals surface area contributed by atoms with Crippen molar-refractivity contribution in [2.75, 3.05) is 7.11 Å². The van der Waals surface area contributed by atoms with Gasteiger partial charge in [0.05, 0.1) is 23.8 Å².